The van der Waals surface area contributed by atoms with Crippen molar-refractivity contribution >= 4 is 22.7 Å². The van der Waals surface area contributed by atoms with Crippen LogP contribution < -0.4 is 4.90 Å². The predicted molar refractivity (Wildman–Crippen MR) is 158 cm³/mol. The molecule has 188 valence electrons. The molecular formula is C34H30N2O2. The van der Waals surface area contributed by atoms with Gasteiger partial charge in [0.25, 0.3) is 5.69 Å². The van der Waals surface area contributed by atoms with Crippen LogP contribution in [0.3, 0.4) is 0 Å². The topological polar surface area (TPSA) is 46.4 Å². The molecule has 5 aromatic rings. The van der Waals surface area contributed by atoms with Crippen LogP contribution in [-0.4, -0.2) is 4.92 Å². The molecule has 0 N–H and O–H groups in total. The molecule has 0 bridgehead atoms. The smallest absolute Gasteiger partial charge is 0.271 e. The molecule has 5 aromatic carbocycles. The maximum absolute atomic E-state index is 11.7. The number of benzene rings is 5. The largest absolute Gasteiger partial charge is 0.310 e. The van der Waals surface area contributed by atoms with Gasteiger partial charge in [0.15, 0.2) is 0 Å². The molecular weight excluding hydrogens is 468 g/mol. The summed E-state index contributed by atoms with van der Waals surface area (Å²) in [6.07, 6.45) is 0. The number of hydrogen-bond donors (Lipinski definition) is 0. The van der Waals surface area contributed by atoms with Crippen LogP contribution in [0.4, 0.5) is 22.7 Å². The molecule has 0 aliphatic carbocycles. The number of nitro benzene ring substituents is 1. The molecule has 0 fully saturated rings. The van der Waals surface area contributed by atoms with E-state index in [1.165, 1.54) is 28.3 Å². The zero-order chi connectivity index (χ0) is 26.8. The zero-order valence-electron chi connectivity index (χ0n) is 22.1. The van der Waals surface area contributed by atoms with Gasteiger partial charge in [0.05, 0.1) is 10.6 Å². The monoisotopic (exact) mass is 498 g/mol. The Bertz CT molecular complexity index is 1480. The minimum absolute atomic E-state index is 0.0659. The third-order valence-electron chi connectivity index (χ3n) is 6.97. The van der Waals surface area contributed by atoms with Crippen molar-refractivity contribution in [2.45, 2.75) is 27.7 Å². The molecule has 0 unspecified atom stereocenters. The summed E-state index contributed by atoms with van der Waals surface area (Å²) in [5, 5.41) is 11.7. The van der Waals surface area contributed by atoms with Crippen LogP contribution in [-0.2, 0) is 0 Å². The Morgan fingerprint density at radius 2 is 0.947 bits per heavy atom. The normalized spacial score (nSPS) is 10.8. The minimum atomic E-state index is -0.342. The molecule has 4 nitrogen and oxygen atoms in total. The average molecular weight is 499 g/mol. The highest BCUT2D eigenvalue weighted by atomic mass is 16.6. The van der Waals surface area contributed by atoms with E-state index < -0.39 is 0 Å². The molecule has 0 heterocycles. The van der Waals surface area contributed by atoms with Gasteiger partial charge in [-0.2, -0.15) is 0 Å². The molecule has 0 aliphatic heterocycles. The van der Waals surface area contributed by atoms with Gasteiger partial charge in [-0.1, -0.05) is 66.7 Å². The van der Waals surface area contributed by atoms with Gasteiger partial charge >= 0.3 is 0 Å². The molecule has 0 atom stereocenters. The van der Waals surface area contributed by atoms with Crippen molar-refractivity contribution in [3.8, 4) is 22.3 Å². The molecule has 0 aliphatic rings. The van der Waals surface area contributed by atoms with Crippen molar-refractivity contribution in [1.29, 1.82) is 0 Å². The zero-order valence-corrected chi connectivity index (χ0v) is 22.1. The second-order valence-corrected chi connectivity index (χ2v) is 9.75. The highest BCUT2D eigenvalue weighted by Gasteiger charge is 2.20. The van der Waals surface area contributed by atoms with E-state index in [-0.39, 0.29) is 10.6 Å². The SMILES string of the molecule is Cc1cc(N(c2cccc([N+](=O)[O-])c2)c2cc(C)c(-c3ccccc3)c(C)c2)cc(C)c1-c1ccccc1. The lowest BCUT2D eigenvalue weighted by atomic mass is 9.93. The summed E-state index contributed by atoms with van der Waals surface area (Å²) in [5.41, 5.74) is 12.1. The lowest BCUT2D eigenvalue weighted by Gasteiger charge is -2.28. The number of rotatable bonds is 6. The van der Waals surface area contributed by atoms with Gasteiger partial charge in [-0.05, 0) is 103 Å². The molecule has 0 spiro atoms. The molecule has 0 amide bonds. The maximum atomic E-state index is 11.7. The van der Waals surface area contributed by atoms with Crippen LogP contribution in [0, 0.1) is 37.8 Å². The lowest BCUT2D eigenvalue weighted by Crippen LogP contribution is -2.12. The number of non-ortho nitro benzene ring substituents is 1. The Morgan fingerprint density at radius 1 is 0.526 bits per heavy atom. The first-order chi connectivity index (χ1) is 18.3. The summed E-state index contributed by atoms with van der Waals surface area (Å²) in [6.45, 7) is 8.50. The molecule has 0 radical (unpaired) electrons. The summed E-state index contributed by atoms with van der Waals surface area (Å²) < 4.78 is 0. The molecule has 0 saturated heterocycles. The first kappa shape index (κ1) is 25.0. The lowest BCUT2D eigenvalue weighted by molar-refractivity contribution is -0.384. The van der Waals surface area contributed by atoms with Crippen molar-refractivity contribution in [2.24, 2.45) is 0 Å². The quantitative estimate of drug-likeness (QED) is 0.173. The summed E-state index contributed by atoms with van der Waals surface area (Å²) >= 11 is 0. The average Bonchev–Trinajstić information content (AvgIpc) is 2.89. The minimum Gasteiger partial charge on any atom is -0.310 e. The van der Waals surface area contributed by atoms with Gasteiger partial charge in [0.2, 0.25) is 0 Å². The number of anilines is 3. The number of nitro groups is 1. The van der Waals surface area contributed by atoms with Crippen LogP contribution in [0.1, 0.15) is 22.3 Å². The van der Waals surface area contributed by atoms with E-state index in [0.717, 1.165) is 39.3 Å². The summed E-state index contributed by atoms with van der Waals surface area (Å²) in [7, 11) is 0. The molecule has 5 rings (SSSR count). The van der Waals surface area contributed by atoms with Crippen molar-refractivity contribution < 1.29 is 4.92 Å². The molecule has 0 saturated carbocycles. The van der Waals surface area contributed by atoms with Crippen LogP contribution >= 0.6 is 0 Å². The Kier molecular flexibility index (Phi) is 6.80. The molecule has 38 heavy (non-hydrogen) atoms. The van der Waals surface area contributed by atoms with E-state index in [2.05, 4.69) is 105 Å². The second-order valence-electron chi connectivity index (χ2n) is 9.75. The fraction of sp³-hybridized carbons (Fsp3) is 0.118. The summed E-state index contributed by atoms with van der Waals surface area (Å²) in [6, 6.07) is 36.3. The van der Waals surface area contributed by atoms with Gasteiger partial charge in [0, 0.05) is 23.5 Å². The van der Waals surface area contributed by atoms with Crippen LogP contribution in [0.5, 0.6) is 0 Å². The Balaban J connectivity index is 1.71. The summed E-state index contributed by atoms with van der Waals surface area (Å²) in [4.78, 5) is 13.4. The highest BCUT2D eigenvalue weighted by molar-refractivity contribution is 5.84. The van der Waals surface area contributed by atoms with Crippen LogP contribution in [0.2, 0.25) is 0 Å². The Labute approximate surface area is 224 Å². The van der Waals surface area contributed by atoms with Gasteiger partial charge in [0.1, 0.15) is 0 Å². The van der Waals surface area contributed by atoms with Crippen LogP contribution in [0.25, 0.3) is 22.3 Å². The van der Waals surface area contributed by atoms with Gasteiger partial charge < -0.3 is 4.90 Å². The third kappa shape index (κ3) is 4.81. The summed E-state index contributed by atoms with van der Waals surface area (Å²) in [5.74, 6) is 0. The van der Waals surface area contributed by atoms with E-state index in [4.69, 9.17) is 0 Å². The Morgan fingerprint density at radius 3 is 1.34 bits per heavy atom. The van der Waals surface area contributed by atoms with E-state index in [0.29, 0.717) is 0 Å². The van der Waals surface area contributed by atoms with Crippen LogP contribution in [0.15, 0.2) is 109 Å². The standard InChI is InChI=1S/C34H30N2O2/c1-23-18-31(19-24(2)33(23)27-12-7-5-8-13-27)35(29-16-11-17-30(22-29)36(37)38)32-20-25(3)34(26(4)21-32)28-14-9-6-10-15-28/h5-22H,1-4H3. The first-order valence-corrected chi connectivity index (χ1v) is 12.7. The Hall–Kier alpha value is -4.70. The first-order valence-electron chi connectivity index (χ1n) is 12.7. The van der Waals surface area contributed by atoms with Crippen molar-refractivity contribution in [3.05, 3.63) is 142 Å². The maximum Gasteiger partial charge on any atom is 0.271 e. The number of aryl methyl sites for hydroxylation is 4. The number of hydrogen-bond acceptors (Lipinski definition) is 3. The predicted octanol–water partition coefficient (Wildman–Crippen LogP) is 9.63. The fourth-order valence-electron chi connectivity index (χ4n) is 5.45. The van der Waals surface area contributed by atoms with Crippen molar-refractivity contribution in [1.82, 2.24) is 0 Å². The second kappa shape index (κ2) is 10.3. The van der Waals surface area contributed by atoms with Gasteiger partial charge in [-0.3, -0.25) is 10.1 Å². The molecule has 0 aromatic heterocycles. The van der Waals surface area contributed by atoms with Gasteiger partial charge in [-0.25, -0.2) is 0 Å². The third-order valence-corrected chi connectivity index (χ3v) is 6.97. The van der Waals surface area contributed by atoms with Gasteiger partial charge in [-0.15, -0.1) is 0 Å². The van der Waals surface area contributed by atoms with Crippen molar-refractivity contribution in [2.75, 3.05) is 4.90 Å². The molecule has 4 heteroatoms. The van der Waals surface area contributed by atoms with E-state index in [9.17, 15) is 10.1 Å². The number of nitrogens with zero attached hydrogens (tertiary/aromatic N) is 2. The van der Waals surface area contributed by atoms with Crippen molar-refractivity contribution in [3.63, 3.8) is 0 Å². The van der Waals surface area contributed by atoms with E-state index >= 15 is 0 Å². The fourth-order valence-corrected chi connectivity index (χ4v) is 5.45. The highest BCUT2D eigenvalue weighted by Crippen LogP contribution is 2.42. The van der Waals surface area contributed by atoms with E-state index in [1.54, 1.807) is 12.1 Å². The van der Waals surface area contributed by atoms with E-state index in [1.807, 2.05) is 18.2 Å².